The quantitative estimate of drug-likeness (QED) is 0.722. The molecule has 0 spiro atoms. The normalized spacial score (nSPS) is 15.2. The monoisotopic (exact) mass is 407 g/mol. The zero-order chi connectivity index (χ0) is 21.5. The van der Waals surface area contributed by atoms with Gasteiger partial charge in [0.25, 0.3) is 5.91 Å². The van der Waals surface area contributed by atoms with Crippen molar-refractivity contribution in [2.75, 3.05) is 25.0 Å². The Balaban J connectivity index is 1.54. The summed E-state index contributed by atoms with van der Waals surface area (Å²) in [6, 6.07) is 15.8. The van der Waals surface area contributed by atoms with Gasteiger partial charge in [-0.15, -0.1) is 0 Å². The van der Waals surface area contributed by atoms with E-state index in [1.54, 1.807) is 12.1 Å². The molecule has 0 aliphatic carbocycles. The number of para-hydroxylation sites is 1. The lowest BCUT2D eigenvalue weighted by molar-refractivity contribution is -0.121. The second-order valence-electron chi connectivity index (χ2n) is 8.68. The van der Waals surface area contributed by atoms with Crippen molar-refractivity contribution in [3.63, 3.8) is 0 Å². The molecule has 0 saturated carbocycles. The van der Waals surface area contributed by atoms with Crippen molar-refractivity contribution in [3.05, 3.63) is 65.2 Å². The smallest absolute Gasteiger partial charge is 0.253 e. The summed E-state index contributed by atoms with van der Waals surface area (Å²) in [5, 5.41) is 5.93. The SMILES string of the molecule is Cc1cccc(CN2CCC(C(=O)Nc3ccccc3C(=O)NCC(C)C)CC2)c1. The molecule has 0 atom stereocenters. The van der Waals surface area contributed by atoms with Crippen LogP contribution in [0, 0.1) is 18.8 Å². The highest BCUT2D eigenvalue weighted by atomic mass is 16.2. The molecular formula is C25H33N3O2. The molecule has 5 heteroatoms. The standard InChI is InChI=1S/C25H33N3O2/c1-18(2)16-26-25(30)22-9-4-5-10-23(22)27-24(29)21-11-13-28(14-12-21)17-20-8-6-7-19(3)15-20/h4-10,15,18,21H,11-14,16-17H2,1-3H3,(H,26,30)(H,27,29). The van der Waals surface area contributed by atoms with Gasteiger partial charge < -0.3 is 10.6 Å². The van der Waals surface area contributed by atoms with E-state index in [9.17, 15) is 9.59 Å². The van der Waals surface area contributed by atoms with Crippen LogP contribution in [0.1, 0.15) is 48.2 Å². The molecule has 1 heterocycles. The van der Waals surface area contributed by atoms with Gasteiger partial charge in [-0.3, -0.25) is 14.5 Å². The molecule has 2 aromatic rings. The highest BCUT2D eigenvalue weighted by Gasteiger charge is 2.26. The zero-order valence-corrected chi connectivity index (χ0v) is 18.3. The number of carbonyl (C=O) groups is 2. The van der Waals surface area contributed by atoms with Crippen LogP contribution in [0.15, 0.2) is 48.5 Å². The number of nitrogens with one attached hydrogen (secondary N) is 2. The molecule has 1 fully saturated rings. The van der Waals surface area contributed by atoms with Crippen LogP contribution in [0.5, 0.6) is 0 Å². The lowest BCUT2D eigenvalue weighted by atomic mass is 9.95. The first-order valence-electron chi connectivity index (χ1n) is 10.9. The number of anilines is 1. The van der Waals surface area contributed by atoms with Crippen LogP contribution in [-0.4, -0.2) is 36.3 Å². The summed E-state index contributed by atoms with van der Waals surface area (Å²) in [4.78, 5) is 27.8. The molecule has 30 heavy (non-hydrogen) atoms. The summed E-state index contributed by atoms with van der Waals surface area (Å²) in [5.74, 6) is 0.216. The summed E-state index contributed by atoms with van der Waals surface area (Å²) in [6.07, 6.45) is 1.67. The van der Waals surface area contributed by atoms with Crippen molar-refractivity contribution in [1.82, 2.24) is 10.2 Å². The number of benzene rings is 2. The minimum Gasteiger partial charge on any atom is -0.352 e. The second-order valence-corrected chi connectivity index (χ2v) is 8.68. The Kier molecular flexibility index (Phi) is 7.63. The van der Waals surface area contributed by atoms with Crippen LogP contribution in [0.25, 0.3) is 0 Å². The average Bonchev–Trinajstić information content (AvgIpc) is 2.73. The first kappa shape index (κ1) is 22.0. The first-order chi connectivity index (χ1) is 14.4. The minimum atomic E-state index is -0.146. The number of hydrogen-bond donors (Lipinski definition) is 2. The highest BCUT2D eigenvalue weighted by Crippen LogP contribution is 2.23. The van der Waals surface area contributed by atoms with E-state index < -0.39 is 0 Å². The lowest BCUT2D eigenvalue weighted by Crippen LogP contribution is -2.38. The third kappa shape index (κ3) is 6.17. The van der Waals surface area contributed by atoms with Gasteiger partial charge in [-0.2, -0.15) is 0 Å². The molecule has 2 aromatic carbocycles. The molecule has 2 N–H and O–H groups in total. The van der Waals surface area contributed by atoms with Gasteiger partial charge in [-0.05, 0) is 56.5 Å². The maximum atomic E-state index is 12.9. The topological polar surface area (TPSA) is 61.4 Å². The molecule has 3 rings (SSSR count). The lowest BCUT2D eigenvalue weighted by Gasteiger charge is -2.31. The summed E-state index contributed by atoms with van der Waals surface area (Å²) >= 11 is 0. The molecule has 5 nitrogen and oxygen atoms in total. The van der Waals surface area contributed by atoms with Gasteiger partial charge in [0.2, 0.25) is 5.91 Å². The van der Waals surface area contributed by atoms with Gasteiger partial charge in [0, 0.05) is 19.0 Å². The molecule has 1 aliphatic heterocycles. The molecule has 1 saturated heterocycles. The minimum absolute atomic E-state index is 0.00863. The number of carbonyl (C=O) groups excluding carboxylic acids is 2. The van der Waals surface area contributed by atoms with E-state index in [0.717, 1.165) is 32.5 Å². The maximum Gasteiger partial charge on any atom is 0.253 e. The number of amides is 2. The van der Waals surface area contributed by atoms with Crippen LogP contribution >= 0.6 is 0 Å². The van der Waals surface area contributed by atoms with Crippen LogP contribution in [0.3, 0.4) is 0 Å². The van der Waals surface area contributed by atoms with Crippen molar-refractivity contribution in [2.24, 2.45) is 11.8 Å². The summed E-state index contributed by atoms with van der Waals surface area (Å²) in [5.41, 5.74) is 3.70. The van der Waals surface area contributed by atoms with E-state index in [-0.39, 0.29) is 17.7 Å². The Morgan fingerprint density at radius 3 is 2.50 bits per heavy atom. The van der Waals surface area contributed by atoms with E-state index in [4.69, 9.17) is 0 Å². The van der Waals surface area contributed by atoms with Crippen molar-refractivity contribution in [1.29, 1.82) is 0 Å². The van der Waals surface area contributed by atoms with Gasteiger partial charge in [0.15, 0.2) is 0 Å². The number of rotatable bonds is 7. The maximum absolute atomic E-state index is 12.9. The van der Waals surface area contributed by atoms with Gasteiger partial charge in [0.05, 0.1) is 11.3 Å². The average molecular weight is 408 g/mol. The van der Waals surface area contributed by atoms with Gasteiger partial charge >= 0.3 is 0 Å². The fourth-order valence-electron chi connectivity index (χ4n) is 3.84. The first-order valence-corrected chi connectivity index (χ1v) is 10.9. The van der Waals surface area contributed by atoms with Crippen LogP contribution in [-0.2, 0) is 11.3 Å². The fraction of sp³-hybridized carbons (Fsp3) is 0.440. The Hall–Kier alpha value is -2.66. The van der Waals surface area contributed by atoms with Crippen LogP contribution in [0.2, 0.25) is 0 Å². The van der Waals surface area contributed by atoms with Crippen molar-refractivity contribution in [2.45, 2.75) is 40.2 Å². The van der Waals surface area contributed by atoms with Gasteiger partial charge in [-0.25, -0.2) is 0 Å². The van der Waals surface area contributed by atoms with Crippen molar-refractivity contribution >= 4 is 17.5 Å². The third-order valence-corrected chi connectivity index (χ3v) is 5.55. The molecule has 0 bridgehead atoms. The number of aryl methyl sites for hydroxylation is 1. The molecule has 0 aromatic heterocycles. The van der Waals surface area contributed by atoms with Crippen LogP contribution < -0.4 is 10.6 Å². The van der Waals surface area contributed by atoms with E-state index in [2.05, 4.69) is 60.6 Å². The van der Waals surface area contributed by atoms with Gasteiger partial charge in [-0.1, -0.05) is 55.8 Å². The summed E-state index contributed by atoms with van der Waals surface area (Å²) < 4.78 is 0. The van der Waals surface area contributed by atoms with Crippen LogP contribution in [0.4, 0.5) is 5.69 Å². The summed E-state index contributed by atoms with van der Waals surface area (Å²) in [7, 11) is 0. The Bertz CT molecular complexity index is 870. The predicted molar refractivity (Wildman–Crippen MR) is 121 cm³/mol. The summed E-state index contributed by atoms with van der Waals surface area (Å²) in [6.45, 7) is 9.57. The molecule has 1 aliphatic rings. The fourth-order valence-corrected chi connectivity index (χ4v) is 3.84. The predicted octanol–water partition coefficient (Wildman–Crippen LogP) is 4.23. The Morgan fingerprint density at radius 2 is 1.80 bits per heavy atom. The van der Waals surface area contributed by atoms with Crippen molar-refractivity contribution in [3.8, 4) is 0 Å². The van der Waals surface area contributed by atoms with E-state index in [1.807, 2.05) is 12.1 Å². The molecule has 160 valence electrons. The highest BCUT2D eigenvalue weighted by molar-refractivity contribution is 6.04. The zero-order valence-electron chi connectivity index (χ0n) is 18.3. The number of hydrogen-bond acceptors (Lipinski definition) is 3. The molecule has 0 radical (unpaired) electrons. The molecule has 2 amide bonds. The second kappa shape index (κ2) is 10.4. The Morgan fingerprint density at radius 1 is 1.07 bits per heavy atom. The molecular weight excluding hydrogens is 374 g/mol. The number of nitrogens with zero attached hydrogens (tertiary/aromatic N) is 1. The third-order valence-electron chi connectivity index (χ3n) is 5.55. The largest absolute Gasteiger partial charge is 0.352 e. The van der Waals surface area contributed by atoms with Crippen molar-refractivity contribution < 1.29 is 9.59 Å². The van der Waals surface area contributed by atoms with E-state index in [1.165, 1.54) is 11.1 Å². The van der Waals surface area contributed by atoms with E-state index >= 15 is 0 Å². The number of piperidine rings is 1. The van der Waals surface area contributed by atoms with Gasteiger partial charge in [0.1, 0.15) is 0 Å². The Labute approximate surface area is 179 Å². The molecule has 0 unspecified atom stereocenters. The number of likely N-dealkylation sites (tertiary alicyclic amines) is 1. The van der Waals surface area contributed by atoms with E-state index in [0.29, 0.717) is 23.7 Å².